The molecular formula is C28H37N3O5. The number of nitrogens with one attached hydrogen (secondary N) is 2. The Kier molecular flexibility index (Phi) is 10.6. The smallest absolute Gasteiger partial charge is 0.308 e. The number of benzene rings is 2. The first-order chi connectivity index (χ1) is 17.1. The van der Waals surface area contributed by atoms with Gasteiger partial charge in [-0.1, -0.05) is 58.9 Å². The molecule has 3 rings (SSSR count). The van der Waals surface area contributed by atoms with Gasteiger partial charge in [0.05, 0.1) is 22.5 Å². The first-order valence-corrected chi connectivity index (χ1v) is 12.2. The van der Waals surface area contributed by atoms with Crippen LogP contribution in [0.3, 0.4) is 0 Å². The maximum absolute atomic E-state index is 12.2. The summed E-state index contributed by atoms with van der Waals surface area (Å²) in [6.07, 6.45) is 1.52. The molecule has 1 unspecified atom stereocenters. The maximum Gasteiger partial charge on any atom is 0.308 e. The van der Waals surface area contributed by atoms with Gasteiger partial charge in [-0.3, -0.25) is 14.4 Å². The molecule has 8 heteroatoms. The summed E-state index contributed by atoms with van der Waals surface area (Å²) in [6, 6.07) is 14.7. The molecule has 1 aromatic heterocycles. The molecule has 0 spiro atoms. The first-order valence-electron chi connectivity index (χ1n) is 12.2. The Bertz CT molecular complexity index is 1200. The number of esters is 1. The molecule has 0 fully saturated rings. The summed E-state index contributed by atoms with van der Waals surface area (Å²) in [4.78, 5) is 42.6. The summed E-state index contributed by atoms with van der Waals surface area (Å²) in [6.45, 7) is 12.0. The van der Waals surface area contributed by atoms with Gasteiger partial charge < -0.3 is 19.8 Å². The molecule has 1 atom stereocenters. The molecule has 8 nitrogen and oxygen atoms in total. The van der Waals surface area contributed by atoms with E-state index in [1.165, 1.54) is 0 Å². The SMILES string of the molecule is CCC(C)(C)C(=O)Nc1cccc2nc(C)[nH]c(=O)c12.CCC(C)C(=O)OCCOc1ccccc1. The second-order valence-corrected chi connectivity index (χ2v) is 9.18. The molecule has 0 radical (unpaired) electrons. The van der Waals surface area contributed by atoms with E-state index in [0.717, 1.165) is 18.6 Å². The minimum absolute atomic E-state index is 0.0308. The van der Waals surface area contributed by atoms with E-state index in [0.29, 0.717) is 35.6 Å². The van der Waals surface area contributed by atoms with E-state index in [1.54, 1.807) is 25.1 Å². The van der Waals surface area contributed by atoms with Crippen LogP contribution in [0.1, 0.15) is 53.3 Å². The van der Waals surface area contributed by atoms with Gasteiger partial charge in [0.1, 0.15) is 24.8 Å². The molecule has 0 aliphatic carbocycles. The van der Waals surface area contributed by atoms with Gasteiger partial charge in [-0.05, 0) is 44.0 Å². The van der Waals surface area contributed by atoms with Crippen LogP contribution in [-0.2, 0) is 14.3 Å². The van der Waals surface area contributed by atoms with E-state index >= 15 is 0 Å². The molecule has 0 aliphatic heterocycles. The normalized spacial score (nSPS) is 11.7. The number of aryl methyl sites for hydroxylation is 1. The predicted octanol–water partition coefficient (Wildman–Crippen LogP) is 5.26. The fourth-order valence-corrected chi connectivity index (χ4v) is 2.99. The summed E-state index contributed by atoms with van der Waals surface area (Å²) in [7, 11) is 0. The summed E-state index contributed by atoms with van der Waals surface area (Å²) in [5.74, 6) is 1.06. The third kappa shape index (κ3) is 8.22. The Balaban J connectivity index is 0.000000261. The van der Waals surface area contributed by atoms with E-state index in [-0.39, 0.29) is 23.4 Å². The summed E-state index contributed by atoms with van der Waals surface area (Å²) in [5.41, 5.74) is 0.367. The first kappa shape index (κ1) is 28.6. The van der Waals surface area contributed by atoms with Crippen molar-refractivity contribution in [3.05, 3.63) is 64.7 Å². The van der Waals surface area contributed by atoms with Crippen LogP contribution in [0, 0.1) is 18.3 Å². The van der Waals surface area contributed by atoms with Crippen LogP contribution >= 0.6 is 0 Å². The van der Waals surface area contributed by atoms with Gasteiger partial charge in [0.25, 0.3) is 5.56 Å². The van der Waals surface area contributed by atoms with Crippen molar-refractivity contribution >= 4 is 28.5 Å². The Morgan fingerprint density at radius 3 is 2.39 bits per heavy atom. The van der Waals surface area contributed by atoms with Gasteiger partial charge in [0, 0.05) is 5.41 Å². The number of para-hydroxylation sites is 1. The van der Waals surface area contributed by atoms with Gasteiger partial charge in [0.2, 0.25) is 5.91 Å². The second-order valence-electron chi connectivity index (χ2n) is 9.18. The highest BCUT2D eigenvalue weighted by atomic mass is 16.6. The minimum Gasteiger partial charge on any atom is -0.490 e. The number of carbonyl (C=O) groups is 2. The van der Waals surface area contributed by atoms with Crippen molar-refractivity contribution in [2.24, 2.45) is 11.3 Å². The molecule has 36 heavy (non-hydrogen) atoms. The van der Waals surface area contributed by atoms with Gasteiger partial charge in [0.15, 0.2) is 0 Å². The van der Waals surface area contributed by atoms with Gasteiger partial charge in [-0.25, -0.2) is 4.98 Å². The zero-order valence-electron chi connectivity index (χ0n) is 22.0. The lowest BCUT2D eigenvalue weighted by Gasteiger charge is -2.21. The molecule has 3 aromatic rings. The Morgan fingerprint density at radius 1 is 1.06 bits per heavy atom. The van der Waals surface area contributed by atoms with Crippen LogP contribution in [0.5, 0.6) is 5.75 Å². The monoisotopic (exact) mass is 495 g/mol. The lowest BCUT2D eigenvalue weighted by atomic mass is 9.89. The van der Waals surface area contributed by atoms with Gasteiger partial charge in [-0.15, -0.1) is 0 Å². The van der Waals surface area contributed by atoms with Crippen molar-refractivity contribution in [3.8, 4) is 5.75 Å². The molecule has 1 heterocycles. The maximum atomic E-state index is 12.2. The number of ether oxygens (including phenoxy) is 2. The number of aromatic nitrogens is 2. The average Bonchev–Trinajstić information content (AvgIpc) is 2.86. The summed E-state index contributed by atoms with van der Waals surface area (Å²) >= 11 is 0. The summed E-state index contributed by atoms with van der Waals surface area (Å²) in [5, 5.41) is 3.25. The lowest BCUT2D eigenvalue weighted by Crippen LogP contribution is -2.30. The molecule has 1 amide bonds. The van der Waals surface area contributed by atoms with Crippen LogP contribution in [0.25, 0.3) is 10.9 Å². The predicted molar refractivity (Wildman–Crippen MR) is 142 cm³/mol. The highest BCUT2D eigenvalue weighted by molar-refractivity contribution is 6.02. The standard InChI is InChI=1S/C15H19N3O2.C13H18O3/c1-5-15(3,4)14(20)18-11-8-6-7-10-12(11)13(19)17-9(2)16-10;1-3-11(2)13(14)16-10-9-15-12-7-5-4-6-8-12/h6-8H,5H2,1-4H3,(H,18,20)(H,16,17,19);4-8,11H,3,9-10H2,1-2H3. The number of anilines is 1. The number of aromatic amines is 1. The van der Waals surface area contributed by atoms with Crippen molar-refractivity contribution in [1.29, 1.82) is 0 Å². The topological polar surface area (TPSA) is 110 Å². The van der Waals surface area contributed by atoms with E-state index in [1.807, 2.05) is 65.0 Å². The minimum atomic E-state index is -0.479. The quantitative estimate of drug-likeness (QED) is 0.309. The Labute approximate surface area is 212 Å². The zero-order chi connectivity index (χ0) is 26.7. The number of carbonyl (C=O) groups excluding carboxylic acids is 2. The molecule has 0 bridgehead atoms. The number of rotatable bonds is 9. The molecule has 2 N–H and O–H groups in total. The van der Waals surface area contributed by atoms with Gasteiger partial charge >= 0.3 is 5.97 Å². The fraction of sp³-hybridized carbons (Fsp3) is 0.429. The number of fused-ring (bicyclic) bond motifs is 1. The van der Waals surface area contributed by atoms with Crippen LogP contribution in [0.2, 0.25) is 0 Å². The fourth-order valence-electron chi connectivity index (χ4n) is 2.99. The van der Waals surface area contributed by atoms with Crippen LogP contribution < -0.4 is 15.6 Å². The molecule has 0 saturated carbocycles. The van der Waals surface area contributed by atoms with Crippen LogP contribution in [-0.4, -0.2) is 35.1 Å². The third-order valence-electron chi connectivity index (χ3n) is 5.95. The summed E-state index contributed by atoms with van der Waals surface area (Å²) < 4.78 is 10.4. The Hall–Kier alpha value is -3.68. The lowest BCUT2D eigenvalue weighted by molar-refractivity contribution is -0.148. The van der Waals surface area contributed by atoms with E-state index < -0.39 is 5.41 Å². The number of hydrogen-bond acceptors (Lipinski definition) is 6. The number of nitrogens with zero attached hydrogens (tertiary/aromatic N) is 1. The van der Waals surface area contributed by atoms with Crippen molar-refractivity contribution in [1.82, 2.24) is 9.97 Å². The highest BCUT2D eigenvalue weighted by Gasteiger charge is 2.26. The second kappa shape index (κ2) is 13.4. The van der Waals surface area contributed by atoms with Crippen molar-refractivity contribution in [2.75, 3.05) is 18.5 Å². The van der Waals surface area contributed by atoms with Crippen LogP contribution in [0.15, 0.2) is 53.3 Å². The van der Waals surface area contributed by atoms with Crippen LogP contribution in [0.4, 0.5) is 5.69 Å². The van der Waals surface area contributed by atoms with Gasteiger partial charge in [-0.2, -0.15) is 0 Å². The Morgan fingerprint density at radius 2 is 1.75 bits per heavy atom. The van der Waals surface area contributed by atoms with E-state index in [2.05, 4.69) is 15.3 Å². The molecule has 0 saturated heterocycles. The number of hydrogen-bond donors (Lipinski definition) is 2. The zero-order valence-corrected chi connectivity index (χ0v) is 22.0. The number of H-pyrrole nitrogens is 1. The molecule has 194 valence electrons. The van der Waals surface area contributed by atoms with E-state index in [9.17, 15) is 14.4 Å². The van der Waals surface area contributed by atoms with Crippen molar-refractivity contribution < 1.29 is 19.1 Å². The van der Waals surface area contributed by atoms with Crippen molar-refractivity contribution in [3.63, 3.8) is 0 Å². The molecular weight excluding hydrogens is 458 g/mol. The largest absolute Gasteiger partial charge is 0.490 e. The van der Waals surface area contributed by atoms with Crippen molar-refractivity contribution in [2.45, 2.75) is 54.4 Å². The number of amides is 1. The molecule has 2 aromatic carbocycles. The average molecular weight is 496 g/mol. The molecule has 0 aliphatic rings. The van der Waals surface area contributed by atoms with E-state index in [4.69, 9.17) is 9.47 Å². The third-order valence-corrected chi connectivity index (χ3v) is 5.95. The highest BCUT2D eigenvalue weighted by Crippen LogP contribution is 2.24.